The summed E-state index contributed by atoms with van der Waals surface area (Å²) in [7, 11) is 0. The fraction of sp³-hybridized carbons (Fsp3) is 0.250. The van der Waals surface area contributed by atoms with Crippen molar-refractivity contribution in [2.75, 3.05) is 12.5 Å². The summed E-state index contributed by atoms with van der Waals surface area (Å²) < 4.78 is 0. The Labute approximate surface area is 79.9 Å². The van der Waals surface area contributed by atoms with Crippen LogP contribution in [0.5, 0.6) is 0 Å². The Hall–Kier alpha value is -0.480. The third-order valence-corrected chi connectivity index (χ3v) is 3.18. The molecule has 0 radical (unpaired) electrons. The molecule has 0 spiro atoms. The van der Waals surface area contributed by atoms with E-state index < -0.39 is 0 Å². The van der Waals surface area contributed by atoms with E-state index in [1.54, 1.807) is 23.5 Å². The van der Waals surface area contributed by atoms with Gasteiger partial charge >= 0.3 is 0 Å². The van der Waals surface area contributed by atoms with Crippen molar-refractivity contribution in [1.82, 2.24) is 0 Å². The molecule has 2 rings (SSSR count). The van der Waals surface area contributed by atoms with Crippen LogP contribution in [0, 0.1) is 0 Å². The first-order chi connectivity index (χ1) is 5.86. The minimum Gasteiger partial charge on any atom is -0.248 e. The third kappa shape index (κ3) is 1.06. The molecule has 2 aliphatic heterocycles. The molecule has 4 heteroatoms. The molecular formula is C8H8N2S2. The third-order valence-electron chi connectivity index (χ3n) is 1.76. The van der Waals surface area contributed by atoms with Gasteiger partial charge in [0, 0.05) is 23.5 Å². The van der Waals surface area contributed by atoms with Crippen LogP contribution in [0.15, 0.2) is 33.5 Å². The van der Waals surface area contributed by atoms with E-state index in [4.69, 9.17) is 0 Å². The van der Waals surface area contributed by atoms with Gasteiger partial charge in [0.15, 0.2) is 0 Å². The second-order valence-corrected chi connectivity index (χ2v) is 3.95. The number of hydrogen-bond donors (Lipinski definition) is 0. The monoisotopic (exact) mass is 196 g/mol. The summed E-state index contributed by atoms with van der Waals surface area (Å²) in [6.07, 6.45) is 7.88. The Bertz CT molecular complexity index is 303. The molecule has 0 aromatic heterocycles. The van der Waals surface area contributed by atoms with Gasteiger partial charge in [0.05, 0.1) is 0 Å². The topological polar surface area (TPSA) is 24.7 Å². The molecular weight excluding hydrogens is 188 g/mol. The first-order valence-electron chi connectivity index (χ1n) is 3.52. The van der Waals surface area contributed by atoms with Crippen LogP contribution in [0.4, 0.5) is 0 Å². The van der Waals surface area contributed by atoms with Crippen LogP contribution in [-0.4, -0.2) is 22.6 Å². The van der Waals surface area contributed by atoms with Crippen LogP contribution in [0.25, 0.3) is 0 Å². The summed E-state index contributed by atoms with van der Waals surface area (Å²) in [5.41, 5.74) is 2.37. The molecule has 2 nitrogen and oxygen atoms in total. The number of nitrogens with zero attached hydrogens (tertiary/aromatic N) is 2. The molecule has 12 heavy (non-hydrogen) atoms. The quantitative estimate of drug-likeness (QED) is 0.594. The van der Waals surface area contributed by atoms with Gasteiger partial charge < -0.3 is 0 Å². The molecule has 0 saturated heterocycles. The summed E-state index contributed by atoms with van der Waals surface area (Å²) in [4.78, 5) is 8.58. The number of fused-ring (bicyclic) bond motifs is 1. The zero-order chi connectivity index (χ0) is 8.55. The highest BCUT2D eigenvalue weighted by Gasteiger charge is 2.24. The van der Waals surface area contributed by atoms with Gasteiger partial charge in [0.25, 0.3) is 0 Å². The van der Waals surface area contributed by atoms with Gasteiger partial charge in [0.1, 0.15) is 10.1 Å². The van der Waals surface area contributed by atoms with E-state index in [1.807, 2.05) is 24.9 Å². The summed E-state index contributed by atoms with van der Waals surface area (Å²) in [6.45, 7) is 0. The van der Waals surface area contributed by atoms with Crippen molar-refractivity contribution in [2.45, 2.75) is 0 Å². The van der Waals surface area contributed by atoms with Crippen molar-refractivity contribution in [3.63, 3.8) is 0 Å². The van der Waals surface area contributed by atoms with Crippen LogP contribution < -0.4 is 0 Å². The molecule has 0 aromatic carbocycles. The number of aliphatic imine (C=N–C) groups is 2. The largest absolute Gasteiger partial charge is 0.248 e. The summed E-state index contributed by atoms with van der Waals surface area (Å²) >= 11 is 3.34. The second kappa shape index (κ2) is 3.11. The van der Waals surface area contributed by atoms with Gasteiger partial charge in [0.2, 0.25) is 0 Å². The van der Waals surface area contributed by atoms with E-state index in [1.165, 1.54) is 11.1 Å². The smallest absolute Gasteiger partial charge is 0.105 e. The van der Waals surface area contributed by atoms with E-state index in [-0.39, 0.29) is 0 Å². The number of hydrogen-bond acceptors (Lipinski definition) is 4. The van der Waals surface area contributed by atoms with Crippen molar-refractivity contribution < 1.29 is 0 Å². The Balaban J connectivity index is 2.28. The minimum absolute atomic E-state index is 1.08. The molecule has 0 saturated carbocycles. The lowest BCUT2D eigenvalue weighted by Crippen LogP contribution is -1.97. The van der Waals surface area contributed by atoms with Crippen molar-refractivity contribution >= 4 is 33.6 Å². The molecule has 62 valence electrons. The van der Waals surface area contributed by atoms with E-state index in [0.29, 0.717) is 0 Å². The second-order valence-electron chi connectivity index (χ2n) is 2.36. The van der Waals surface area contributed by atoms with Gasteiger partial charge in [-0.3, -0.25) is 0 Å². The molecule has 2 aliphatic rings. The van der Waals surface area contributed by atoms with Crippen molar-refractivity contribution in [3.8, 4) is 0 Å². The fourth-order valence-corrected chi connectivity index (χ4v) is 2.27. The van der Waals surface area contributed by atoms with Crippen molar-refractivity contribution in [1.29, 1.82) is 0 Å². The Morgan fingerprint density at radius 2 is 1.33 bits per heavy atom. The zero-order valence-electron chi connectivity index (χ0n) is 6.87. The summed E-state index contributed by atoms with van der Waals surface area (Å²) in [5, 5.41) is 2.16. The van der Waals surface area contributed by atoms with E-state index >= 15 is 0 Å². The van der Waals surface area contributed by atoms with Gasteiger partial charge in [-0.25, -0.2) is 9.98 Å². The molecule has 0 aliphatic carbocycles. The Morgan fingerprint density at radius 1 is 0.917 bits per heavy atom. The number of rotatable bonds is 0. The van der Waals surface area contributed by atoms with Crippen LogP contribution in [0.2, 0.25) is 0 Å². The molecule has 0 bridgehead atoms. The Morgan fingerprint density at radius 3 is 1.67 bits per heavy atom. The predicted molar refractivity (Wildman–Crippen MR) is 58.1 cm³/mol. The Kier molecular flexibility index (Phi) is 2.11. The molecule has 0 unspecified atom stereocenters. The maximum absolute atomic E-state index is 4.29. The average Bonchev–Trinajstić information content (AvgIpc) is 2.62. The number of thioether (sulfide) groups is 2. The minimum atomic E-state index is 1.08. The zero-order valence-corrected chi connectivity index (χ0v) is 8.50. The lowest BCUT2D eigenvalue weighted by atomic mass is 10.2. The first-order valence-corrected chi connectivity index (χ1v) is 5.97. The molecule has 0 fully saturated rings. The first kappa shape index (κ1) is 8.13. The molecule has 0 N–H and O–H groups in total. The van der Waals surface area contributed by atoms with Crippen LogP contribution in [0.1, 0.15) is 0 Å². The van der Waals surface area contributed by atoms with Gasteiger partial charge in [-0.05, 0) is 12.5 Å². The summed E-state index contributed by atoms with van der Waals surface area (Å²) in [6, 6.07) is 0. The lowest BCUT2D eigenvalue weighted by Gasteiger charge is -1.98. The molecule has 0 amide bonds. The van der Waals surface area contributed by atoms with Crippen LogP contribution in [-0.2, 0) is 0 Å². The van der Waals surface area contributed by atoms with Gasteiger partial charge in [-0.2, -0.15) is 0 Å². The standard InChI is InChI=1S/C8H8N2S2/c1-11-7-5-3-10-8(12-2)6(5)4-9-7/h3-4H,1-2H3. The van der Waals surface area contributed by atoms with Gasteiger partial charge in [-0.1, -0.05) is 0 Å². The van der Waals surface area contributed by atoms with Gasteiger partial charge in [-0.15, -0.1) is 23.5 Å². The van der Waals surface area contributed by atoms with Crippen LogP contribution in [0.3, 0.4) is 0 Å². The maximum atomic E-state index is 4.29. The highest BCUT2D eigenvalue weighted by molar-refractivity contribution is 8.14. The predicted octanol–water partition coefficient (Wildman–Crippen LogP) is 2.30. The van der Waals surface area contributed by atoms with E-state index in [2.05, 4.69) is 9.98 Å². The normalized spacial score (nSPS) is 19.8. The SMILES string of the molecule is CSC1=NC=C2C1=CN=C2SC. The van der Waals surface area contributed by atoms with Crippen molar-refractivity contribution in [3.05, 3.63) is 23.5 Å². The highest BCUT2D eigenvalue weighted by atomic mass is 32.2. The maximum Gasteiger partial charge on any atom is 0.105 e. The van der Waals surface area contributed by atoms with Crippen LogP contribution >= 0.6 is 23.5 Å². The summed E-state index contributed by atoms with van der Waals surface area (Å²) in [5.74, 6) is 0. The molecule has 2 heterocycles. The van der Waals surface area contributed by atoms with E-state index in [0.717, 1.165) is 10.1 Å². The highest BCUT2D eigenvalue weighted by Crippen LogP contribution is 2.32. The fourth-order valence-electron chi connectivity index (χ4n) is 1.19. The molecule has 0 aromatic rings. The molecule has 0 atom stereocenters. The average molecular weight is 196 g/mol. The lowest BCUT2D eigenvalue weighted by molar-refractivity contribution is 1.60. The van der Waals surface area contributed by atoms with E-state index in [9.17, 15) is 0 Å². The van der Waals surface area contributed by atoms with Crippen molar-refractivity contribution in [2.24, 2.45) is 9.98 Å².